The second-order valence-corrected chi connectivity index (χ2v) is 7.91. The Bertz CT molecular complexity index is 736. The van der Waals surface area contributed by atoms with E-state index < -0.39 is 5.97 Å². The van der Waals surface area contributed by atoms with Crippen molar-refractivity contribution in [2.75, 3.05) is 19.6 Å². The first-order valence-corrected chi connectivity index (χ1v) is 10.9. The van der Waals surface area contributed by atoms with Crippen LogP contribution in [0.4, 0.5) is 0 Å². The summed E-state index contributed by atoms with van der Waals surface area (Å²) in [5, 5.41) is 8.76. The second kappa shape index (κ2) is 11.1. The monoisotopic (exact) mass is 395 g/mol. The summed E-state index contributed by atoms with van der Waals surface area (Å²) in [5.41, 5.74) is 3.76. The average Bonchev–Trinajstić information content (AvgIpc) is 2.76. The number of hydrogen-bond donors (Lipinski definition) is 1. The number of ether oxygens (including phenoxy) is 1. The molecule has 1 aliphatic rings. The van der Waals surface area contributed by atoms with Crippen LogP contribution in [-0.2, 0) is 16.0 Å². The van der Waals surface area contributed by atoms with Gasteiger partial charge in [0.2, 0.25) is 0 Å². The van der Waals surface area contributed by atoms with Gasteiger partial charge in [-0.15, -0.1) is 0 Å². The zero-order chi connectivity index (χ0) is 20.5. The van der Waals surface area contributed by atoms with E-state index in [1.165, 1.54) is 16.7 Å². The van der Waals surface area contributed by atoms with Crippen LogP contribution in [0.5, 0.6) is 0 Å². The van der Waals surface area contributed by atoms with Crippen molar-refractivity contribution in [3.05, 3.63) is 71.3 Å². The Labute approximate surface area is 174 Å². The molecule has 4 nitrogen and oxygen atoms in total. The van der Waals surface area contributed by atoms with Crippen molar-refractivity contribution >= 4 is 5.97 Å². The molecule has 0 amide bonds. The number of nitrogens with zero attached hydrogens (tertiary/aromatic N) is 1. The van der Waals surface area contributed by atoms with Gasteiger partial charge in [-0.05, 0) is 55.3 Å². The van der Waals surface area contributed by atoms with Gasteiger partial charge < -0.3 is 14.7 Å². The molecule has 29 heavy (non-hydrogen) atoms. The van der Waals surface area contributed by atoms with Crippen molar-refractivity contribution in [1.29, 1.82) is 0 Å². The van der Waals surface area contributed by atoms with Gasteiger partial charge in [0.25, 0.3) is 0 Å². The number of hydrogen-bond acceptors (Lipinski definition) is 3. The number of rotatable bonds is 10. The number of piperidine rings is 1. The first-order chi connectivity index (χ1) is 14.2. The molecule has 0 aliphatic carbocycles. The molecule has 0 spiro atoms. The minimum Gasteiger partial charge on any atom is -0.481 e. The lowest BCUT2D eigenvalue weighted by Gasteiger charge is -2.34. The zero-order valence-corrected chi connectivity index (χ0v) is 17.4. The number of carboxylic acid groups (broad SMARTS) is 1. The molecule has 1 aliphatic heterocycles. The third kappa shape index (κ3) is 6.69. The Hall–Kier alpha value is -2.17. The van der Waals surface area contributed by atoms with Crippen LogP contribution in [0, 0.1) is 0 Å². The molecule has 3 rings (SSSR count). The lowest BCUT2D eigenvalue weighted by atomic mass is 9.98. The Balaban J connectivity index is 1.57. The first-order valence-electron chi connectivity index (χ1n) is 10.9. The molecule has 2 aromatic rings. The van der Waals surface area contributed by atoms with Crippen LogP contribution in [0.25, 0.3) is 0 Å². The average molecular weight is 396 g/mol. The van der Waals surface area contributed by atoms with E-state index in [0.717, 1.165) is 51.7 Å². The molecular weight excluding hydrogens is 362 g/mol. The van der Waals surface area contributed by atoms with Crippen molar-refractivity contribution in [3.63, 3.8) is 0 Å². The highest BCUT2D eigenvalue weighted by molar-refractivity contribution is 5.66. The van der Waals surface area contributed by atoms with E-state index in [4.69, 9.17) is 9.84 Å². The number of unbranched alkanes of at least 4 members (excludes halogenated alkanes) is 1. The summed E-state index contributed by atoms with van der Waals surface area (Å²) in [6.45, 7) is 5.21. The SMILES string of the molecule is CCc1ccc(C(OC2CCN(CCCCC(=O)O)CC2)c2ccccc2)cc1. The summed E-state index contributed by atoms with van der Waals surface area (Å²) in [6.07, 6.45) is 5.29. The topological polar surface area (TPSA) is 49.8 Å². The van der Waals surface area contributed by atoms with Crippen molar-refractivity contribution in [1.82, 2.24) is 4.90 Å². The molecule has 1 atom stereocenters. The van der Waals surface area contributed by atoms with E-state index in [1.54, 1.807) is 0 Å². The van der Waals surface area contributed by atoms with Crippen molar-refractivity contribution < 1.29 is 14.6 Å². The summed E-state index contributed by atoms with van der Waals surface area (Å²) < 4.78 is 6.64. The maximum atomic E-state index is 10.6. The minimum atomic E-state index is -0.698. The fourth-order valence-corrected chi connectivity index (χ4v) is 3.98. The summed E-state index contributed by atoms with van der Waals surface area (Å²) in [5.74, 6) is -0.698. The summed E-state index contributed by atoms with van der Waals surface area (Å²) in [4.78, 5) is 13.1. The van der Waals surface area contributed by atoms with Crippen LogP contribution in [0.1, 0.15) is 61.8 Å². The van der Waals surface area contributed by atoms with Crippen LogP contribution in [0.2, 0.25) is 0 Å². The van der Waals surface area contributed by atoms with Crippen molar-refractivity contribution in [3.8, 4) is 0 Å². The number of carboxylic acids is 1. The fourth-order valence-electron chi connectivity index (χ4n) is 3.98. The van der Waals surface area contributed by atoms with Gasteiger partial charge >= 0.3 is 5.97 Å². The van der Waals surface area contributed by atoms with E-state index >= 15 is 0 Å². The van der Waals surface area contributed by atoms with Gasteiger partial charge in [-0.1, -0.05) is 61.5 Å². The lowest BCUT2D eigenvalue weighted by Crippen LogP contribution is -2.38. The second-order valence-electron chi connectivity index (χ2n) is 7.91. The normalized spacial score (nSPS) is 16.6. The van der Waals surface area contributed by atoms with Crippen LogP contribution in [0.3, 0.4) is 0 Å². The van der Waals surface area contributed by atoms with Gasteiger partial charge in [0.1, 0.15) is 6.10 Å². The molecule has 0 bridgehead atoms. The first kappa shape index (κ1) is 21.5. The van der Waals surface area contributed by atoms with E-state index in [-0.39, 0.29) is 18.6 Å². The maximum Gasteiger partial charge on any atom is 0.303 e. The van der Waals surface area contributed by atoms with Crippen LogP contribution >= 0.6 is 0 Å². The molecule has 1 saturated heterocycles. The van der Waals surface area contributed by atoms with Crippen molar-refractivity contribution in [2.24, 2.45) is 0 Å². The quantitative estimate of drug-likeness (QED) is 0.570. The Morgan fingerprint density at radius 2 is 1.69 bits per heavy atom. The molecule has 4 heteroatoms. The molecule has 1 fully saturated rings. The van der Waals surface area contributed by atoms with Gasteiger partial charge in [-0.2, -0.15) is 0 Å². The summed E-state index contributed by atoms with van der Waals surface area (Å²) in [7, 11) is 0. The predicted octanol–water partition coefficient (Wildman–Crippen LogP) is 5.07. The molecule has 0 radical (unpaired) electrons. The zero-order valence-electron chi connectivity index (χ0n) is 17.4. The Morgan fingerprint density at radius 1 is 1.03 bits per heavy atom. The van der Waals surface area contributed by atoms with Crippen LogP contribution in [-0.4, -0.2) is 41.7 Å². The number of aryl methyl sites for hydroxylation is 1. The van der Waals surface area contributed by atoms with Gasteiger partial charge in [-0.25, -0.2) is 0 Å². The molecule has 0 saturated carbocycles. The Morgan fingerprint density at radius 3 is 2.31 bits per heavy atom. The van der Waals surface area contributed by atoms with E-state index in [1.807, 2.05) is 6.07 Å². The van der Waals surface area contributed by atoms with Gasteiger partial charge in [-0.3, -0.25) is 4.79 Å². The van der Waals surface area contributed by atoms with Crippen molar-refractivity contribution in [2.45, 2.75) is 57.7 Å². The minimum absolute atomic E-state index is 0.0331. The van der Waals surface area contributed by atoms with Crippen LogP contribution < -0.4 is 0 Å². The third-order valence-electron chi connectivity index (χ3n) is 5.77. The van der Waals surface area contributed by atoms with E-state index in [0.29, 0.717) is 0 Å². The largest absolute Gasteiger partial charge is 0.481 e. The maximum absolute atomic E-state index is 10.6. The number of likely N-dealkylation sites (tertiary alicyclic amines) is 1. The molecule has 156 valence electrons. The molecule has 2 aromatic carbocycles. The van der Waals surface area contributed by atoms with Gasteiger partial charge in [0.15, 0.2) is 0 Å². The highest BCUT2D eigenvalue weighted by atomic mass is 16.5. The Kier molecular flexibility index (Phi) is 8.26. The number of aliphatic carboxylic acids is 1. The highest BCUT2D eigenvalue weighted by Crippen LogP contribution is 2.30. The summed E-state index contributed by atoms with van der Waals surface area (Å²) in [6, 6.07) is 19.3. The molecular formula is C25H33NO3. The predicted molar refractivity (Wildman–Crippen MR) is 116 cm³/mol. The number of benzene rings is 2. The highest BCUT2D eigenvalue weighted by Gasteiger charge is 2.24. The molecule has 0 aromatic heterocycles. The fraction of sp³-hybridized carbons (Fsp3) is 0.480. The van der Waals surface area contributed by atoms with Gasteiger partial charge in [0, 0.05) is 19.5 Å². The molecule has 1 N–H and O–H groups in total. The molecule has 1 unspecified atom stereocenters. The number of carbonyl (C=O) groups is 1. The third-order valence-corrected chi connectivity index (χ3v) is 5.77. The van der Waals surface area contributed by atoms with Crippen LogP contribution in [0.15, 0.2) is 54.6 Å². The van der Waals surface area contributed by atoms with Gasteiger partial charge in [0.05, 0.1) is 6.10 Å². The van der Waals surface area contributed by atoms with E-state index in [2.05, 4.69) is 60.4 Å². The lowest BCUT2D eigenvalue weighted by molar-refractivity contribution is -0.137. The molecule has 1 heterocycles. The smallest absolute Gasteiger partial charge is 0.303 e. The standard InChI is InChI=1S/C25H33NO3/c1-2-20-11-13-22(14-12-20)25(21-8-4-3-5-9-21)29-23-15-18-26(19-16-23)17-7-6-10-24(27)28/h3-5,8-9,11-14,23,25H,2,6-7,10,15-19H2,1H3,(H,27,28). The summed E-state index contributed by atoms with van der Waals surface area (Å²) >= 11 is 0. The van der Waals surface area contributed by atoms with E-state index in [9.17, 15) is 4.79 Å².